The summed E-state index contributed by atoms with van der Waals surface area (Å²) in [6.45, 7) is 5.13. The van der Waals surface area contributed by atoms with E-state index in [0.29, 0.717) is 29.8 Å². The number of aryl methyl sites for hydroxylation is 1. The monoisotopic (exact) mass is 423 g/mol. The zero-order valence-corrected chi connectivity index (χ0v) is 17.8. The smallest absolute Gasteiger partial charge is 0.290 e. The van der Waals surface area contributed by atoms with Crippen molar-refractivity contribution in [2.45, 2.75) is 33.4 Å². The molecule has 0 radical (unpaired) electrons. The van der Waals surface area contributed by atoms with Crippen LogP contribution in [0.15, 0.2) is 59.4 Å². The van der Waals surface area contributed by atoms with Gasteiger partial charge in [0.2, 0.25) is 0 Å². The number of thiocarbonyl (C=S) groups is 1. The highest BCUT2D eigenvalue weighted by Crippen LogP contribution is 2.13. The van der Waals surface area contributed by atoms with Crippen LogP contribution in [0.4, 0.5) is 0 Å². The number of benzene rings is 2. The van der Waals surface area contributed by atoms with Crippen LogP contribution in [0.5, 0.6) is 0 Å². The van der Waals surface area contributed by atoms with Crippen molar-refractivity contribution >= 4 is 34.0 Å². The van der Waals surface area contributed by atoms with E-state index in [1.807, 2.05) is 30.3 Å². The molecule has 0 atom stereocenters. The summed E-state index contributed by atoms with van der Waals surface area (Å²) in [6, 6.07) is 16.8. The number of carbonyl (C=O) groups is 1. The molecular weight excluding hydrogens is 398 g/mol. The Morgan fingerprint density at radius 3 is 2.40 bits per heavy atom. The van der Waals surface area contributed by atoms with E-state index in [9.17, 15) is 9.59 Å². The lowest BCUT2D eigenvalue weighted by Gasteiger charge is -2.14. The number of rotatable bonds is 6. The molecule has 0 saturated carbocycles. The predicted molar refractivity (Wildman–Crippen MR) is 122 cm³/mol. The van der Waals surface area contributed by atoms with Gasteiger partial charge in [0.05, 0.1) is 5.39 Å². The Hall–Kier alpha value is -3.26. The Kier molecular flexibility index (Phi) is 7.13. The number of fused-ring (bicyclic) bond motifs is 1. The first-order valence-corrected chi connectivity index (χ1v) is 10.2. The first-order chi connectivity index (χ1) is 14.5. The highest BCUT2D eigenvalue weighted by atomic mass is 32.1. The molecule has 0 aliphatic carbocycles. The Labute approximate surface area is 180 Å². The van der Waals surface area contributed by atoms with Gasteiger partial charge in [-0.3, -0.25) is 20.4 Å². The van der Waals surface area contributed by atoms with Crippen molar-refractivity contribution < 1.29 is 4.79 Å². The highest BCUT2D eigenvalue weighted by Gasteiger charge is 2.17. The molecule has 0 aliphatic rings. The SMILES string of the molecule is CC(C)CCn1nc(C(=O)NNC(=S)NCc2ccccc2)c2ccccc2c1=O. The molecule has 2 aromatic carbocycles. The van der Waals surface area contributed by atoms with Gasteiger partial charge in [-0.15, -0.1) is 0 Å². The summed E-state index contributed by atoms with van der Waals surface area (Å²) in [5.74, 6) is -0.0504. The summed E-state index contributed by atoms with van der Waals surface area (Å²) < 4.78 is 1.36. The number of nitrogens with zero attached hydrogens (tertiary/aromatic N) is 2. The van der Waals surface area contributed by atoms with Gasteiger partial charge in [-0.1, -0.05) is 62.4 Å². The second kappa shape index (κ2) is 9.98. The van der Waals surface area contributed by atoms with Crippen LogP contribution in [0.1, 0.15) is 36.3 Å². The van der Waals surface area contributed by atoms with E-state index in [0.717, 1.165) is 12.0 Å². The van der Waals surface area contributed by atoms with E-state index in [2.05, 4.69) is 35.1 Å². The third-order valence-electron chi connectivity index (χ3n) is 4.59. The fraction of sp³-hybridized carbons (Fsp3) is 0.273. The molecule has 0 fully saturated rings. The molecular formula is C22H25N5O2S. The molecule has 156 valence electrons. The molecule has 3 N–H and O–H groups in total. The van der Waals surface area contributed by atoms with Crippen molar-refractivity contribution in [3.05, 3.63) is 76.2 Å². The van der Waals surface area contributed by atoms with E-state index >= 15 is 0 Å². The van der Waals surface area contributed by atoms with Gasteiger partial charge in [0.15, 0.2) is 10.8 Å². The van der Waals surface area contributed by atoms with Crippen LogP contribution in [0.3, 0.4) is 0 Å². The predicted octanol–water partition coefficient (Wildman–Crippen LogP) is 2.75. The fourth-order valence-corrected chi connectivity index (χ4v) is 3.05. The number of amides is 1. The van der Waals surface area contributed by atoms with E-state index in [4.69, 9.17) is 12.2 Å². The summed E-state index contributed by atoms with van der Waals surface area (Å²) >= 11 is 5.22. The maximum Gasteiger partial charge on any atom is 0.290 e. The Bertz CT molecular complexity index is 1100. The third-order valence-corrected chi connectivity index (χ3v) is 4.83. The molecule has 30 heavy (non-hydrogen) atoms. The maximum atomic E-state index is 12.8. The van der Waals surface area contributed by atoms with Gasteiger partial charge < -0.3 is 5.32 Å². The number of hydrazine groups is 1. The molecule has 1 heterocycles. The zero-order chi connectivity index (χ0) is 21.5. The number of carbonyl (C=O) groups excluding carboxylic acids is 1. The molecule has 0 spiro atoms. The van der Waals surface area contributed by atoms with Gasteiger partial charge in [-0.2, -0.15) is 5.10 Å². The molecule has 0 unspecified atom stereocenters. The number of nitrogens with one attached hydrogen (secondary N) is 3. The van der Waals surface area contributed by atoms with Gasteiger partial charge in [-0.25, -0.2) is 4.68 Å². The quantitative estimate of drug-likeness (QED) is 0.417. The van der Waals surface area contributed by atoms with Crippen LogP contribution in [0.2, 0.25) is 0 Å². The molecule has 3 aromatic rings. The lowest BCUT2D eigenvalue weighted by molar-refractivity contribution is 0.0938. The first-order valence-electron chi connectivity index (χ1n) is 9.83. The minimum Gasteiger partial charge on any atom is -0.357 e. The van der Waals surface area contributed by atoms with Crippen LogP contribution in [0, 0.1) is 5.92 Å². The van der Waals surface area contributed by atoms with Gasteiger partial charge in [0, 0.05) is 18.5 Å². The molecule has 0 aliphatic heterocycles. The summed E-state index contributed by atoms with van der Waals surface area (Å²) in [5, 5.41) is 8.61. The zero-order valence-electron chi connectivity index (χ0n) is 17.0. The molecule has 0 saturated heterocycles. The van der Waals surface area contributed by atoms with Crippen molar-refractivity contribution in [3.8, 4) is 0 Å². The van der Waals surface area contributed by atoms with Crippen molar-refractivity contribution in [3.63, 3.8) is 0 Å². The van der Waals surface area contributed by atoms with Crippen LogP contribution in [-0.2, 0) is 13.1 Å². The summed E-state index contributed by atoms with van der Waals surface area (Å²) in [7, 11) is 0. The topological polar surface area (TPSA) is 88.1 Å². The lowest BCUT2D eigenvalue weighted by Crippen LogP contribution is -2.47. The van der Waals surface area contributed by atoms with Crippen molar-refractivity contribution in [2.24, 2.45) is 5.92 Å². The number of hydrogen-bond donors (Lipinski definition) is 3. The summed E-state index contributed by atoms with van der Waals surface area (Å²) in [4.78, 5) is 25.5. The van der Waals surface area contributed by atoms with Crippen LogP contribution in [0.25, 0.3) is 10.8 Å². The Morgan fingerprint density at radius 2 is 1.70 bits per heavy atom. The average molecular weight is 424 g/mol. The maximum absolute atomic E-state index is 12.8. The second-order valence-corrected chi connectivity index (χ2v) is 7.76. The number of hydrogen-bond acceptors (Lipinski definition) is 4. The van der Waals surface area contributed by atoms with Crippen LogP contribution in [-0.4, -0.2) is 20.8 Å². The Balaban J connectivity index is 1.72. The minimum atomic E-state index is -0.464. The molecule has 3 rings (SSSR count). The van der Waals surface area contributed by atoms with E-state index in [1.54, 1.807) is 24.3 Å². The standard InChI is InChI=1S/C22H25N5O2S/c1-15(2)12-13-27-21(29)18-11-7-6-10-17(18)19(26-27)20(28)24-25-22(30)23-14-16-8-4-3-5-9-16/h3-11,15H,12-14H2,1-2H3,(H,24,28)(H2,23,25,30). The van der Waals surface area contributed by atoms with E-state index in [-0.39, 0.29) is 16.4 Å². The van der Waals surface area contributed by atoms with Crippen LogP contribution < -0.4 is 21.7 Å². The van der Waals surface area contributed by atoms with E-state index < -0.39 is 5.91 Å². The molecule has 8 heteroatoms. The first kappa shape index (κ1) is 21.4. The highest BCUT2D eigenvalue weighted by molar-refractivity contribution is 7.80. The van der Waals surface area contributed by atoms with Crippen LogP contribution >= 0.6 is 12.2 Å². The van der Waals surface area contributed by atoms with Gasteiger partial charge >= 0.3 is 0 Å². The van der Waals surface area contributed by atoms with Gasteiger partial charge in [0.25, 0.3) is 11.5 Å². The fourth-order valence-electron chi connectivity index (χ4n) is 2.93. The second-order valence-electron chi connectivity index (χ2n) is 7.35. The molecule has 0 bridgehead atoms. The molecule has 1 aromatic heterocycles. The molecule has 1 amide bonds. The largest absolute Gasteiger partial charge is 0.357 e. The van der Waals surface area contributed by atoms with Gasteiger partial charge in [-0.05, 0) is 36.2 Å². The van der Waals surface area contributed by atoms with Crippen molar-refractivity contribution in [2.75, 3.05) is 0 Å². The molecule has 7 nitrogen and oxygen atoms in total. The average Bonchev–Trinajstić information content (AvgIpc) is 2.76. The minimum absolute atomic E-state index is 0.173. The van der Waals surface area contributed by atoms with Gasteiger partial charge in [0.1, 0.15) is 0 Å². The van der Waals surface area contributed by atoms with Crippen molar-refractivity contribution in [1.29, 1.82) is 0 Å². The third kappa shape index (κ3) is 5.42. The van der Waals surface area contributed by atoms with Crippen molar-refractivity contribution in [1.82, 2.24) is 25.9 Å². The number of aromatic nitrogens is 2. The Morgan fingerprint density at radius 1 is 1.03 bits per heavy atom. The summed E-state index contributed by atoms with van der Waals surface area (Å²) in [6.07, 6.45) is 0.790. The lowest BCUT2D eigenvalue weighted by atomic mass is 10.1. The normalized spacial score (nSPS) is 10.8. The van der Waals surface area contributed by atoms with E-state index in [1.165, 1.54) is 4.68 Å². The summed E-state index contributed by atoms with van der Waals surface area (Å²) in [5.41, 5.74) is 6.30.